The first-order valence-corrected chi connectivity index (χ1v) is 10.1. The molecule has 0 unspecified atom stereocenters. The van der Waals surface area contributed by atoms with E-state index in [1.807, 2.05) is 0 Å². The summed E-state index contributed by atoms with van der Waals surface area (Å²) in [5.41, 5.74) is 1.89. The summed E-state index contributed by atoms with van der Waals surface area (Å²) in [5, 5.41) is 5.37. The first-order valence-electron chi connectivity index (χ1n) is 8.62. The van der Waals surface area contributed by atoms with Crippen LogP contribution < -0.4 is 15.4 Å². The Bertz CT molecular complexity index is 1020. The van der Waals surface area contributed by atoms with E-state index in [0.717, 1.165) is 9.87 Å². The van der Waals surface area contributed by atoms with Crippen molar-refractivity contribution in [3.63, 3.8) is 0 Å². The fraction of sp³-hybridized carbons (Fsp3) is 0.263. The van der Waals surface area contributed by atoms with Crippen LogP contribution in [0.25, 0.3) is 0 Å². The molecular formula is C19H21N3O5S. The first kappa shape index (κ1) is 19.8. The molecule has 0 aromatic heterocycles. The predicted molar refractivity (Wildman–Crippen MR) is 105 cm³/mol. The topological polar surface area (TPSA) is 105 Å². The van der Waals surface area contributed by atoms with E-state index in [9.17, 15) is 18.0 Å². The summed E-state index contributed by atoms with van der Waals surface area (Å²) in [4.78, 5) is 23.8. The zero-order chi connectivity index (χ0) is 20.3. The van der Waals surface area contributed by atoms with Gasteiger partial charge in [0.25, 0.3) is 0 Å². The van der Waals surface area contributed by atoms with E-state index in [-0.39, 0.29) is 17.3 Å². The minimum Gasteiger partial charge on any atom is -0.497 e. The van der Waals surface area contributed by atoms with E-state index in [4.69, 9.17) is 4.74 Å². The normalized spacial score (nSPS) is 13.6. The fourth-order valence-corrected chi connectivity index (χ4v) is 4.07. The van der Waals surface area contributed by atoms with Crippen LogP contribution in [0, 0.1) is 0 Å². The number of benzene rings is 2. The third-order valence-corrected chi connectivity index (χ3v) is 6.20. The number of methoxy groups -OCH3 is 1. The molecule has 9 heteroatoms. The highest BCUT2D eigenvalue weighted by molar-refractivity contribution is 7.89. The van der Waals surface area contributed by atoms with Crippen molar-refractivity contribution in [3.05, 3.63) is 48.0 Å². The Kier molecular flexibility index (Phi) is 5.66. The predicted octanol–water partition coefficient (Wildman–Crippen LogP) is 1.84. The smallest absolute Gasteiger partial charge is 0.243 e. The standard InChI is InChI=1S/C19H21N3O5S/c1-22(12-19(24)20-14-4-3-5-15(11-14)27-2)28(25,26)16-7-8-17-13(10-16)6-9-18(23)21-17/h3-5,7-8,10-11H,6,9,12H2,1-2H3,(H,20,24)(H,21,23). The number of nitrogens with one attached hydrogen (secondary N) is 2. The molecule has 3 rings (SSSR count). The van der Waals surface area contributed by atoms with Crippen molar-refractivity contribution in [1.29, 1.82) is 0 Å². The van der Waals surface area contributed by atoms with Gasteiger partial charge in [-0.2, -0.15) is 4.31 Å². The second-order valence-electron chi connectivity index (χ2n) is 6.41. The second-order valence-corrected chi connectivity index (χ2v) is 8.45. The molecule has 0 radical (unpaired) electrons. The largest absolute Gasteiger partial charge is 0.497 e. The molecule has 2 aromatic rings. The van der Waals surface area contributed by atoms with Crippen molar-refractivity contribution in [1.82, 2.24) is 4.31 Å². The Morgan fingerprint density at radius 3 is 2.75 bits per heavy atom. The average Bonchev–Trinajstić information content (AvgIpc) is 2.67. The van der Waals surface area contributed by atoms with Crippen molar-refractivity contribution >= 4 is 33.2 Å². The quantitative estimate of drug-likeness (QED) is 0.766. The lowest BCUT2D eigenvalue weighted by Crippen LogP contribution is -2.35. The molecule has 2 amide bonds. The molecule has 28 heavy (non-hydrogen) atoms. The van der Waals surface area contributed by atoms with Gasteiger partial charge in [0.1, 0.15) is 5.75 Å². The van der Waals surface area contributed by atoms with Crippen LogP contribution >= 0.6 is 0 Å². The van der Waals surface area contributed by atoms with E-state index in [0.29, 0.717) is 30.0 Å². The number of sulfonamides is 1. The van der Waals surface area contributed by atoms with Gasteiger partial charge in [0, 0.05) is 30.9 Å². The van der Waals surface area contributed by atoms with Gasteiger partial charge in [-0.25, -0.2) is 8.42 Å². The maximum absolute atomic E-state index is 12.8. The van der Waals surface area contributed by atoms with Crippen molar-refractivity contribution in [3.8, 4) is 5.75 Å². The van der Waals surface area contributed by atoms with Gasteiger partial charge in [0.05, 0.1) is 18.6 Å². The average molecular weight is 403 g/mol. The number of nitrogens with zero attached hydrogens (tertiary/aromatic N) is 1. The number of rotatable bonds is 6. The third-order valence-electron chi connectivity index (χ3n) is 4.40. The van der Waals surface area contributed by atoms with Gasteiger partial charge >= 0.3 is 0 Å². The van der Waals surface area contributed by atoms with Gasteiger partial charge in [-0.05, 0) is 42.3 Å². The van der Waals surface area contributed by atoms with Crippen LogP contribution in [0.4, 0.5) is 11.4 Å². The number of fused-ring (bicyclic) bond motifs is 1. The number of carbonyl (C=O) groups is 2. The maximum atomic E-state index is 12.8. The number of amides is 2. The lowest BCUT2D eigenvalue weighted by molar-refractivity contribution is -0.117. The lowest BCUT2D eigenvalue weighted by atomic mass is 10.0. The summed E-state index contributed by atoms with van der Waals surface area (Å²) in [6.45, 7) is -0.340. The Hall–Kier alpha value is -2.91. The molecule has 8 nitrogen and oxygen atoms in total. The van der Waals surface area contributed by atoms with E-state index in [2.05, 4.69) is 10.6 Å². The lowest BCUT2D eigenvalue weighted by Gasteiger charge is -2.20. The first-order chi connectivity index (χ1) is 13.3. The van der Waals surface area contributed by atoms with Crippen molar-refractivity contribution in [2.45, 2.75) is 17.7 Å². The zero-order valence-electron chi connectivity index (χ0n) is 15.6. The van der Waals surface area contributed by atoms with Gasteiger partial charge in [-0.1, -0.05) is 6.07 Å². The summed E-state index contributed by atoms with van der Waals surface area (Å²) in [7, 11) is -0.983. The van der Waals surface area contributed by atoms with Gasteiger partial charge in [0.2, 0.25) is 21.8 Å². The number of ether oxygens (including phenoxy) is 1. The van der Waals surface area contributed by atoms with E-state index < -0.39 is 15.9 Å². The van der Waals surface area contributed by atoms with Crippen molar-refractivity contribution in [2.24, 2.45) is 0 Å². The van der Waals surface area contributed by atoms with Gasteiger partial charge < -0.3 is 15.4 Å². The molecule has 1 aliphatic heterocycles. The highest BCUT2D eigenvalue weighted by atomic mass is 32.2. The fourth-order valence-electron chi connectivity index (χ4n) is 2.89. The minimum absolute atomic E-state index is 0.0825. The summed E-state index contributed by atoms with van der Waals surface area (Å²) in [5.74, 6) is 0.0268. The Labute approximate surface area is 163 Å². The van der Waals surface area contributed by atoms with Crippen LogP contribution in [0.3, 0.4) is 0 Å². The molecule has 0 fully saturated rings. The van der Waals surface area contributed by atoms with E-state index in [1.165, 1.54) is 20.2 Å². The molecule has 0 atom stereocenters. The summed E-state index contributed by atoms with van der Waals surface area (Å²) in [6.07, 6.45) is 0.792. The number of anilines is 2. The number of hydrogen-bond donors (Lipinski definition) is 2. The molecule has 148 valence electrons. The maximum Gasteiger partial charge on any atom is 0.243 e. The van der Waals surface area contributed by atoms with Crippen LogP contribution in [0.1, 0.15) is 12.0 Å². The van der Waals surface area contributed by atoms with E-state index in [1.54, 1.807) is 36.4 Å². The molecule has 2 aromatic carbocycles. The third kappa shape index (κ3) is 4.32. The SMILES string of the molecule is COc1cccc(NC(=O)CN(C)S(=O)(=O)c2ccc3c(c2)CCC(=O)N3)c1. The second kappa shape index (κ2) is 7.99. The molecule has 1 aliphatic rings. The number of hydrogen-bond acceptors (Lipinski definition) is 5. The Balaban J connectivity index is 1.71. The van der Waals surface area contributed by atoms with Crippen LogP contribution in [0.2, 0.25) is 0 Å². The van der Waals surface area contributed by atoms with Crippen molar-refractivity contribution < 1.29 is 22.7 Å². The molecule has 0 saturated heterocycles. The minimum atomic E-state index is -3.85. The summed E-state index contributed by atoms with van der Waals surface area (Å²) >= 11 is 0. The molecule has 0 aliphatic carbocycles. The Morgan fingerprint density at radius 2 is 2.00 bits per heavy atom. The van der Waals surface area contributed by atoms with Gasteiger partial charge in [-0.15, -0.1) is 0 Å². The molecule has 0 spiro atoms. The van der Waals surface area contributed by atoms with Crippen LogP contribution in [0.15, 0.2) is 47.4 Å². The van der Waals surface area contributed by atoms with Crippen LogP contribution in [0.5, 0.6) is 5.75 Å². The van der Waals surface area contributed by atoms with Crippen LogP contribution in [-0.4, -0.2) is 45.2 Å². The number of carbonyl (C=O) groups excluding carboxylic acids is 2. The number of aryl methyl sites for hydroxylation is 1. The number of likely N-dealkylation sites (N-methyl/N-ethyl adjacent to an activating group) is 1. The van der Waals surface area contributed by atoms with Crippen LogP contribution in [-0.2, 0) is 26.0 Å². The molecule has 0 bridgehead atoms. The van der Waals surface area contributed by atoms with E-state index >= 15 is 0 Å². The molecular weight excluding hydrogens is 382 g/mol. The Morgan fingerprint density at radius 1 is 1.21 bits per heavy atom. The highest BCUT2D eigenvalue weighted by Crippen LogP contribution is 2.26. The molecule has 0 saturated carbocycles. The zero-order valence-corrected chi connectivity index (χ0v) is 16.4. The highest BCUT2D eigenvalue weighted by Gasteiger charge is 2.25. The van der Waals surface area contributed by atoms with Gasteiger partial charge in [0.15, 0.2) is 0 Å². The monoisotopic (exact) mass is 403 g/mol. The van der Waals surface area contributed by atoms with Crippen molar-refractivity contribution in [2.75, 3.05) is 31.3 Å². The summed E-state index contributed by atoms with van der Waals surface area (Å²) in [6, 6.07) is 11.3. The summed E-state index contributed by atoms with van der Waals surface area (Å²) < 4.78 is 31.7. The van der Waals surface area contributed by atoms with Gasteiger partial charge in [-0.3, -0.25) is 9.59 Å². The molecule has 2 N–H and O–H groups in total. The molecule has 1 heterocycles.